The molecule has 0 saturated heterocycles. The third-order valence-corrected chi connectivity index (χ3v) is 2.45. The third-order valence-electron chi connectivity index (χ3n) is 2.45. The minimum atomic E-state index is -0.276. The minimum Gasteiger partial charge on any atom is -0.439 e. The van der Waals surface area contributed by atoms with Gasteiger partial charge in [-0.3, -0.25) is 0 Å². The van der Waals surface area contributed by atoms with Gasteiger partial charge >= 0.3 is 0 Å². The monoisotopic (exact) mass is 231 g/mol. The van der Waals surface area contributed by atoms with Crippen LogP contribution in [-0.2, 0) is 0 Å². The molecule has 0 aliphatic carbocycles. The van der Waals surface area contributed by atoms with Crippen LogP contribution >= 0.6 is 0 Å². The molecule has 3 heteroatoms. The van der Waals surface area contributed by atoms with Crippen molar-refractivity contribution < 1.29 is 9.13 Å². The van der Waals surface area contributed by atoms with Crippen molar-refractivity contribution in [3.05, 3.63) is 54.0 Å². The molecular weight excluding hydrogens is 217 g/mol. The van der Waals surface area contributed by atoms with Crippen molar-refractivity contribution in [2.75, 3.05) is 0 Å². The van der Waals surface area contributed by atoms with E-state index in [0.717, 1.165) is 5.56 Å². The number of nitrogens with zero attached hydrogens (tertiary/aromatic N) is 1. The van der Waals surface area contributed by atoms with Gasteiger partial charge in [-0.25, -0.2) is 9.37 Å². The van der Waals surface area contributed by atoms with Crippen LogP contribution in [0, 0.1) is 5.82 Å². The number of benzene rings is 1. The van der Waals surface area contributed by atoms with E-state index in [1.165, 1.54) is 12.1 Å². The maximum atomic E-state index is 12.8. The Bertz CT molecular complexity index is 494. The van der Waals surface area contributed by atoms with Crippen LogP contribution in [0.25, 0.3) is 0 Å². The first-order chi connectivity index (χ1) is 8.16. The van der Waals surface area contributed by atoms with Crippen molar-refractivity contribution in [1.82, 2.24) is 4.98 Å². The lowest BCUT2D eigenvalue weighted by molar-refractivity contribution is 0.451. The molecule has 0 fully saturated rings. The van der Waals surface area contributed by atoms with Crippen molar-refractivity contribution in [2.24, 2.45) is 0 Å². The molecule has 0 spiro atoms. The molecule has 0 radical (unpaired) electrons. The zero-order valence-corrected chi connectivity index (χ0v) is 9.85. The summed E-state index contributed by atoms with van der Waals surface area (Å²) in [5.41, 5.74) is 1.04. The number of ether oxygens (including phenoxy) is 1. The molecule has 0 saturated carbocycles. The topological polar surface area (TPSA) is 22.1 Å². The zero-order chi connectivity index (χ0) is 12.3. The third kappa shape index (κ3) is 2.81. The maximum Gasteiger partial charge on any atom is 0.222 e. The van der Waals surface area contributed by atoms with Crippen LogP contribution in [0.4, 0.5) is 4.39 Å². The first-order valence-corrected chi connectivity index (χ1v) is 5.55. The number of rotatable bonds is 3. The lowest BCUT2D eigenvalue weighted by Crippen LogP contribution is -1.96. The molecule has 2 aromatic rings. The first kappa shape index (κ1) is 11.6. The van der Waals surface area contributed by atoms with Gasteiger partial charge in [0.15, 0.2) is 0 Å². The number of hydrogen-bond donors (Lipinski definition) is 0. The quantitative estimate of drug-likeness (QED) is 0.792. The van der Waals surface area contributed by atoms with Crippen molar-refractivity contribution in [2.45, 2.75) is 19.8 Å². The van der Waals surface area contributed by atoms with Gasteiger partial charge in [0.2, 0.25) is 5.88 Å². The summed E-state index contributed by atoms with van der Waals surface area (Å²) in [4.78, 5) is 4.20. The standard InChI is InChI=1S/C14H14FNO/c1-10(2)13-4-3-9-16-14(13)17-12-7-5-11(15)6-8-12/h3-10H,1-2H3. The van der Waals surface area contributed by atoms with Crippen molar-refractivity contribution in [3.63, 3.8) is 0 Å². The Kier molecular flexibility index (Phi) is 3.38. The summed E-state index contributed by atoms with van der Waals surface area (Å²) < 4.78 is 18.4. The minimum absolute atomic E-state index is 0.276. The molecule has 1 aromatic carbocycles. The van der Waals surface area contributed by atoms with E-state index < -0.39 is 0 Å². The molecule has 0 N–H and O–H groups in total. The second kappa shape index (κ2) is 4.95. The van der Waals surface area contributed by atoms with Crippen LogP contribution in [0.2, 0.25) is 0 Å². The molecule has 1 aromatic heterocycles. The van der Waals surface area contributed by atoms with E-state index in [4.69, 9.17) is 4.74 Å². The maximum absolute atomic E-state index is 12.8. The Morgan fingerprint density at radius 3 is 2.47 bits per heavy atom. The molecular formula is C14H14FNO. The Hall–Kier alpha value is -1.90. The first-order valence-electron chi connectivity index (χ1n) is 5.55. The van der Waals surface area contributed by atoms with Crippen molar-refractivity contribution in [1.29, 1.82) is 0 Å². The average molecular weight is 231 g/mol. The fourth-order valence-electron chi connectivity index (χ4n) is 1.54. The van der Waals surface area contributed by atoms with Gasteiger partial charge in [-0.05, 0) is 36.2 Å². The Labute approximate surface area is 100 Å². The predicted octanol–water partition coefficient (Wildman–Crippen LogP) is 4.14. The summed E-state index contributed by atoms with van der Waals surface area (Å²) in [6.45, 7) is 4.16. The fraction of sp³-hybridized carbons (Fsp3) is 0.214. The number of hydrogen-bond acceptors (Lipinski definition) is 2. The largest absolute Gasteiger partial charge is 0.439 e. The van der Waals surface area contributed by atoms with Gasteiger partial charge in [-0.15, -0.1) is 0 Å². The van der Waals surface area contributed by atoms with E-state index in [9.17, 15) is 4.39 Å². The Balaban J connectivity index is 2.26. The fourth-order valence-corrected chi connectivity index (χ4v) is 1.54. The van der Waals surface area contributed by atoms with Crippen molar-refractivity contribution in [3.8, 4) is 11.6 Å². The number of pyridine rings is 1. The summed E-state index contributed by atoms with van der Waals surface area (Å²) in [6, 6.07) is 9.78. The predicted molar refractivity (Wildman–Crippen MR) is 64.8 cm³/mol. The lowest BCUT2D eigenvalue weighted by atomic mass is 10.1. The highest BCUT2D eigenvalue weighted by Crippen LogP contribution is 2.27. The van der Waals surface area contributed by atoms with Gasteiger partial charge in [-0.1, -0.05) is 19.9 Å². The Morgan fingerprint density at radius 2 is 1.82 bits per heavy atom. The molecule has 2 nitrogen and oxygen atoms in total. The van der Waals surface area contributed by atoms with Crippen LogP contribution < -0.4 is 4.74 Å². The molecule has 17 heavy (non-hydrogen) atoms. The summed E-state index contributed by atoms with van der Waals surface area (Å²) in [5.74, 6) is 1.22. The van der Waals surface area contributed by atoms with E-state index in [1.54, 1.807) is 18.3 Å². The van der Waals surface area contributed by atoms with Gasteiger partial charge in [0.1, 0.15) is 11.6 Å². The summed E-state index contributed by atoms with van der Waals surface area (Å²) in [5, 5.41) is 0. The second-order valence-corrected chi connectivity index (χ2v) is 4.11. The molecule has 2 rings (SSSR count). The normalized spacial score (nSPS) is 10.6. The van der Waals surface area contributed by atoms with Crippen LogP contribution in [0.1, 0.15) is 25.3 Å². The van der Waals surface area contributed by atoms with Gasteiger partial charge in [0.25, 0.3) is 0 Å². The summed E-state index contributed by atoms with van der Waals surface area (Å²) in [7, 11) is 0. The van der Waals surface area contributed by atoms with E-state index >= 15 is 0 Å². The highest BCUT2D eigenvalue weighted by Gasteiger charge is 2.09. The van der Waals surface area contributed by atoms with E-state index in [1.807, 2.05) is 12.1 Å². The van der Waals surface area contributed by atoms with Crippen LogP contribution in [0.3, 0.4) is 0 Å². The molecule has 0 atom stereocenters. The van der Waals surface area contributed by atoms with E-state index in [0.29, 0.717) is 17.5 Å². The molecule has 0 aliphatic rings. The molecule has 0 unspecified atom stereocenters. The summed E-state index contributed by atoms with van der Waals surface area (Å²) in [6.07, 6.45) is 1.69. The van der Waals surface area contributed by atoms with Crippen LogP contribution in [0.5, 0.6) is 11.6 Å². The number of halogens is 1. The van der Waals surface area contributed by atoms with Gasteiger partial charge in [0, 0.05) is 11.8 Å². The van der Waals surface area contributed by atoms with E-state index in [-0.39, 0.29) is 5.82 Å². The summed E-state index contributed by atoms with van der Waals surface area (Å²) >= 11 is 0. The smallest absolute Gasteiger partial charge is 0.222 e. The Morgan fingerprint density at radius 1 is 1.12 bits per heavy atom. The average Bonchev–Trinajstić information content (AvgIpc) is 2.32. The lowest BCUT2D eigenvalue weighted by Gasteiger charge is -2.11. The van der Waals surface area contributed by atoms with Gasteiger partial charge in [-0.2, -0.15) is 0 Å². The molecule has 0 bridgehead atoms. The highest BCUT2D eigenvalue weighted by molar-refractivity contribution is 5.33. The molecule has 1 heterocycles. The second-order valence-electron chi connectivity index (χ2n) is 4.11. The van der Waals surface area contributed by atoms with Crippen LogP contribution in [0.15, 0.2) is 42.6 Å². The molecule has 0 aliphatic heterocycles. The van der Waals surface area contributed by atoms with E-state index in [2.05, 4.69) is 18.8 Å². The van der Waals surface area contributed by atoms with Gasteiger partial charge < -0.3 is 4.74 Å². The van der Waals surface area contributed by atoms with Crippen LogP contribution in [-0.4, -0.2) is 4.98 Å². The SMILES string of the molecule is CC(C)c1cccnc1Oc1ccc(F)cc1. The molecule has 0 amide bonds. The zero-order valence-electron chi connectivity index (χ0n) is 9.85. The molecule has 88 valence electrons. The van der Waals surface area contributed by atoms with Crippen molar-refractivity contribution >= 4 is 0 Å². The number of aromatic nitrogens is 1. The highest BCUT2D eigenvalue weighted by atomic mass is 19.1. The van der Waals surface area contributed by atoms with Gasteiger partial charge in [0.05, 0.1) is 0 Å².